The van der Waals surface area contributed by atoms with Gasteiger partial charge in [0.1, 0.15) is 6.61 Å². The molecule has 0 amide bonds. The van der Waals surface area contributed by atoms with Crippen molar-refractivity contribution in [3.05, 3.63) is 58.6 Å². The Kier molecular flexibility index (Phi) is 6.71. The van der Waals surface area contributed by atoms with Crippen molar-refractivity contribution in [2.45, 2.75) is 26.2 Å². The minimum atomic E-state index is -0.362. The van der Waals surface area contributed by atoms with Gasteiger partial charge in [-0.2, -0.15) is 0 Å². The van der Waals surface area contributed by atoms with Crippen molar-refractivity contribution < 1.29 is 14.6 Å². The second kappa shape index (κ2) is 8.77. The predicted molar refractivity (Wildman–Crippen MR) is 92.2 cm³/mol. The number of nitrogens with one attached hydrogen (secondary N) is 1. The van der Waals surface area contributed by atoms with E-state index in [0.717, 1.165) is 11.1 Å². The van der Waals surface area contributed by atoms with Crippen molar-refractivity contribution in [2.75, 3.05) is 13.7 Å². The largest absolute Gasteiger partial charge is 0.493 e. The lowest BCUT2D eigenvalue weighted by Gasteiger charge is -2.13. The van der Waals surface area contributed by atoms with E-state index in [1.54, 1.807) is 14.0 Å². The highest BCUT2D eigenvalue weighted by atomic mass is 35.5. The van der Waals surface area contributed by atoms with Crippen molar-refractivity contribution in [3.63, 3.8) is 0 Å². The van der Waals surface area contributed by atoms with Crippen LogP contribution in [0.1, 0.15) is 18.1 Å². The number of halogens is 1. The molecule has 0 aliphatic heterocycles. The van der Waals surface area contributed by atoms with E-state index in [-0.39, 0.29) is 6.10 Å². The molecule has 0 saturated heterocycles. The Morgan fingerprint density at radius 1 is 1.09 bits per heavy atom. The molecule has 0 spiro atoms. The van der Waals surface area contributed by atoms with E-state index in [0.29, 0.717) is 36.2 Å². The molecule has 0 fully saturated rings. The maximum atomic E-state index is 9.26. The van der Waals surface area contributed by atoms with Crippen LogP contribution in [0.3, 0.4) is 0 Å². The molecule has 0 aliphatic carbocycles. The van der Waals surface area contributed by atoms with E-state index in [1.807, 2.05) is 42.5 Å². The molecule has 0 heterocycles. The average molecular weight is 336 g/mol. The molecule has 0 aromatic heterocycles. The van der Waals surface area contributed by atoms with Crippen molar-refractivity contribution in [3.8, 4) is 11.5 Å². The summed E-state index contributed by atoms with van der Waals surface area (Å²) >= 11 is 5.87. The highest BCUT2D eigenvalue weighted by molar-refractivity contribution is 6.30. The van der Waals surface area contributed by atoms with E-state index < -0.39 is 0 Å². The molecule has 0 aliphatic rings. The molecule has 0 saturated carbocycles. The fourth-order valence-electron chi connectivity index (χ4n) is 2.11. The summed E-state index contributed by atoms with van der Waals surface area (Å²) in [4.78, 5) is 0. The third-order valence-corrected chi connectivity index (χ3v) is 3.56. The standard InChI is InChI=1S/C18H22ClNO3/c1-13(21)10-20-11-15-5-8-17(18(9-15)22-2)23-12-14-3-6-16(19)7-4-14/h3-9,13,20-21H,10-12H2,1-2H3/t13-/m1/s1. The quantitative estimate of drug-likeness (QED) is 0.776. The number of rotatable bonds is 8. The number of aliphatic hydroxyl groups is 1. The number of hydrogen-bond donors (Lipinski definition) is 2. The third kappa shape index (κ3) is 5.75. The van der Waals surface area contributed by atoms with E-state index in [4.69, 9.17) is 21.1 Å². The Morgan fingerprint density at radius 2 is 1.78 bits per heavy atom. The van der Waals surface area contributed by atoms with Gasteiger partial charge in [-0.05, 0) is 42.3 Å². The van der Waals surface area contributed by atoms with Gasteiger partial charge in [-0.25, -0.2) is 0 Å². The molecule has 2 rings (SSSR count). The number of benzene rings is 2. The molecule has 2 aromatic rings. The van der Waals surface area contributed by atoms with Gasteiger partial charge in [-0.1, -0.05) is 29.8 Å². The fraction of sp³-hybridized carbons (Fsp3) is 0.333. The molecule has 124 valence electrons. The first-order chi connectivity index (χ1) is 11.1. The molecular weight excluding hydrogens is 314 g/mol. The van der Waals surface area contributed by atoms with E-state index in [2.05, 4.69) is 5.32 Å². The van der Waals surface area contributed by atoms with Gasteiger partial charge in [-0.3, -0.25) is 0 Å². The van der Waals surface area contributed by atoms with Crippen LogP contribution in [0.2, 0.25) is 5.02 Å². The van der Waals surface area contributed by atoms with Crippen molar-refractivity contribution in [2.24, 2.45) is 0 Å². The summed E-state index contributed by atoms with van der Waals surface area (Å²) in [7, 11) is 1.62. The number of methoxy groups -OCH3 is 1. The zero-order chi connectivity index (χ0) is 16.7. The molecule has 2 N–H and O–H groups in total. The highest BCUT2D eigenvalue weighted by Crippen LogP contribution is 2.29. The topological polar surface area (TPSA) is 50.7 Å². The van der Waals surface area contributed by atoms with Crippen LogP contribution in [0, 0.1) is 0 Å². The van der Waals surface area contributed by atoms with Crippen LogP contribution < -0.4 is 14.8 Å². The minimum absolute atomic E-state index is 0.362. The summed E-state index contributed by atoms with van der Waals surface area (Å²) < 4.78 is 11.2. The lowest BCUT2D eigenvalue weighted by atomic mass is 10.2. The first-order valence-corrected chi connectivity index (χ1v) is 7.89. The van der Waals surface area contributed by atoms with E-state index in [1.165, 1.54) is 0 Å². The van der Waals surface area contributed by atoms with Gasteiger partial charge >= 0.3 is 0 Å². The van der Waals surface area contributed by atoms with Crippen molar-refractivity contribution >= 4 is 11.6 Å². The molecule has 2 aromatic carbocycles. The zero-order valence-electron chi connectivity index (χ0n) is 13.4. The van der Waals surface area contributed by atoms with Crippen LogP contribution >= 0.6 is 11.6 Å². The van der Waals surface area contributed by atoms with Crippen LogP contribution in [-0.4, -0.2) is 24.9 Å². The van der Waals surface area contributed by atoms with Gasteiger partial charge in [0.25, 0.3) is 0 Å². The van der Waals surface area contributed by atoms with Crippen LogP contribution in [0.25, 0.3) is 0 Å². The first-order valence-electron chi connectivity index (χ1n) is 7.51. The Balaban J connectivity index is 1.97. The summed E-state index contributed by atoms with van der Waals surface area (Å²) in [5, 5.41) is 13.1. The van der Waals surface area contributed by atoms with Crippen LogP contribution in [0.5, 0.6) is 11.5 Å². The summed E-state index contributed by atoms with van der Waals surface area (Å²) in [6.07, 6.45) is -0.362. The van der Waals surface area contributed by atoms with E-state index in [9.17, 15) is 5.11 Å². The van der Waals surface area contributed by atoms with Crippen LogP contribution in [0.15, 0.2) is 42.5 Å². The number of ether oxygens (including phenoxy) is 2. The minimum Gasteiger partial charge on any atom is -0.493 e. The summed E-state index contributed by atoms with van der Waals surface area (Å²) in [5.41, 5.74) is 2.11. The average Bonchev–Trinajstić information content (AvgIpc) is 2.54. The van der Waals surface area contributed by atoms with Crippen LogP contribution in [0.4, 0.5) is 0 Å². The molecule has 0 radical (unpaired) electrons. The molecule has 0 unspecified atom stereocenters. The third-order valence-electron chi connectivity index (χ3n) is 3.30. The highest BCUT2D eigenvalue weighted by Gasteiger charge is 2.07. The zero-order valence-corrected chi connectivity index (χ0v) is 14.1. The van der Waals surface area contributed by atoms with Crippen LogP contribution in [-0.2, 0) is 13.2 Å². The second-order valence-electron chi connectivity index (χ2n) is 5.38. The maximum Gasteiger partial charge on any atom is 0.161 e. The molecule has 23 heavy (non-hydrogen) atoms. The Labute approximate surface area is 142 Å². The van der Waals surface area contributed by atoms with Gasteiger partial charge in [-0.15, -0.1) is 0 Å². The SMILES string of the molecule is COc1cc(CNC[C@@H](C)O)ccc1OCc1ccc(Cl)cc1. The molecule has 1 atom stereocenters. The lowest BCUT2D eigenvalue weighted by molar-refractivity contribution is 0.191. The monoisotopic (exact) mass is 335 g/mol. The van der Waals surface area contributed by atoms with Gasteiger partial charge in [0.05, 0.1) is 13.2 Å². The summed E-state index contributed by atoms with van der Waals surface area (Å²) in [5.74, 6) is 1.39. The van der Waals surface area contributed by atoms with Gasteiger partial charge in [0.2, 0.25) is 0 Å². The lowest BCUT2D eigenvalue weighted by Crippen LogP contribution is -2.23. The summed E-state index contributed by atoms with van der Waals surface area (Å²) in [6, 6.07) is 13.4. The van der Waals surface area contributed by atoms with Gasteiger partial charge in [0.15, 0.2) is 11.5 Å². The van der Waals surface area contributed by atoms with Gasteiger partial charge in [0, 0.05) is 18.1 Å². The molecule has 0 bridgehead atoms. The van der Waals surface area contributed by atoms with Crippen molar-refractivity contribution in [1.82, 2.24) is 5.32 Å². The molecule has 4 nitrogen and oxygen atoms in total. The fourth-order valence-corrected chi connectivity index (χ4v) is 2.23. The Bertz CT molecular complexity index is 614. The smallest absolute Gasteiger partial charge is 0.161 e. The Hall–Kier alpha value is -1.75. The van der Waals surface area contributed by atoms with Gasteiger partial charge < -0.3 is 19.9 Å². The van der Waals surface area contributed by atoms with E-state index >= 15 is 0 Å². The first kappa shape index (κ1) is 17.6. The summed E-state index contributed by atoms with van der Waals surface area (Å²) in [6.45, 7) is 3.42. The Morgan fingerprint density at radius 3 is 2.43 bits per heavy atom. The number of aliphatic hydroxyl groups excluding tert-OH is 1. The van der Waals surface area contributed by atoms with Crippen molar-refractivity contribution in [1.29, 1.82) is 0 Å². The normalized spacial score (nSPS) is 12.0. The molecular formula is C18H22ClNO3. The number of hydrogen-bond acceptors (Lipinski definition) is 4. The molecule has 5 heteroatoms. The second-order valence-corrected chi connectivity index (χ2v) is 5.82. The maximum absolute atomic E-state index is 9.26. The predicted octanol–water partition coefficient (Wildman–Crippen LogP) is 3.40.